The van der Waals surface area contributed by atoms with Crippen LogP contribution in [-0.4, -0.2) is 40.8 Å². The minimum atomic E-state index is -0.349. The van der Waals surface area contributed by atoms with Gasteiger partial charge in [0.15, 0.2) is 5.43 Å². The molecule has 5 aromatic rings. The summed E-state index contributed by atoms with van der Waals surface area (Å²) in [5.41, 5.74) is 3.24. The van der Waals surface area contributed by atoms with E-state index in [4.69, 9.17) is 4.42 Å². The van der Waals surface area contributed by atoms with Crippen LogP contribution >= 0.6 is 24.2 Å². The van der Waals surface area contributed by atoms with Gasteiger partial charge in [-0.25, -0.2) is 0 Å². The summed E-state index contributed by atoms with van der Waals surface area (Å²) < 4.78 is 5.57. The lowest BCUT2D eigenvalue weighted by molar-refractivity contribution is 0.236. The van der Waals surface area contributed by atoms with Gasteiger partial charge in [-0.2, -0.15) is 0 Å². The Morgan fingerprint density at radius 1 is 0.833 bits per heavy atom. The van der Waals surface area contributed by atoms with E-state index < -0.39 is 0 Å². The standard InChI is InChI=1S/C19H24N2S.C15H10O4.ClH/c1-4-20(5-2)15(3)14-21-16-10-6-8-12-18(16)22-19-13-9-7-11-17(19)21;16-10-6-11(17)15-12(18)8-13(19-14(15)7-10)9-4-2-1-3-5-9;/h6-13,15H,4-5,14H2,1-3H3;1-8,16-17H;1H. The predicted molar refractivity (Wildman–Crippen MR) is 175 cm³/mol. The van der Waals surface area contributed by atoms with E-state index in [9.17, 15) is 15.0 Å². The van der Waals surface area contributed by atoms with Crippen molar-refractivity contribution in [3.8, 4) is 22.8 Å². The Morgan fingerprint density at radius 3 is 2.00 bits per heavy atom. The molecule has 0 saturated heterocycles. The summed E-state index contributed by atoms with van der Waals surface area (Å²) in [6.45, 7) is 10.0. The van der Waals surface area contributed by atoms with E-state index in [1.54, 1.807) is 0 Å². The van der Waals surface area contributed by atoms with Gasteiger partial charge in [-0.15, -0.1) is 12.4 Å². The second-order valence-corrected chi connectivity index (χ2v) is 11.0. The van der Waals surface area contributed by atoms with Crippen molar-refractivity contribution in [2.45, 2.75) is 36.6 Å². The van der Waals surface area contributed by atoms with Gasteiger partial charge in [0.25, 0.3) is 0 Å². The molecule has 0 saturated carbocycles. The van der Waals surface area contributed by atoms with Gasteiger partial charge in [-0.3, -0.25) is 9.69 Å². The van der Waals surface area contributed by atoms with E-state index >= 15 is 0 Å². The number of likely N-dealkylation sites (N-methyl/N-ethyl adjacent to an activating group) is 1. The molecule has 0 amide bonds. The zero-order valence-corrected chi connectivity index (χ0v) is 25.5. The number of benzene rings is 4. The number of phenols is 2. The molecule has 2 N–H and O–H groups in total. The highest BCUT2D eigenvalue weighted by Crippen LogP contribution is 2.47. The van der Waals surface area contributed by atoms with E-state index in [-0.39, 0.29) is 40.3 Å². The lowest BCUT2D eigenvalue weighted by Crippen LogP contribution is -2.41. The summed E-state index contributed by atoms with van der Waals surface area (Å²) in [4.78, 5) is 19.7. The monoisotopic (exact) mass is 602 g/mol. The summed E-state index contributed by atoms with van der Waals surface area (Å²) in [5, 5.41) is 19.2. The Kier molecular flexibility index (Phi) is 10.2. The SMILES string of the molecule is CCN(CC)C(C)CN1c2ccccc2Sc2ccccc21.Cl.O=c1cc(-c2ccccc2)oc2cc(O)cc(O)c12. The molecule has 0 spiro atoms. The van der Waals surface area contributed by atoms with Crippen molar-refractivity contribution in [1.29, 1.82) is 0 Å². The van der Waals surface area contributed by atoms with E-state index in [0.717, 1.165) is 31.3 Å². The molecular weight excluding hydrogens is 568 g/mol. The molecule has 0 fully saturated rings. The van der Waals surface area contributed by atoms with E-state index in [0.29, 0.717) is 11.8 Å². The predicted octanol–water partition coefficient (Wildman–Crippen LogP) is 8.31. The quantitative estimate of drug-likeness (QED) is 0.202. The van der Waals surface area contributed by atoms with Gasteiger partial charge in [0.05, 0.1) is 11.4 Å². The lowest BCUT2D eigenvalue weighted by atomic mass is 10.1. The number of hydrogen-bond acceptors (Lipinski definition) is 7. The van der Waals surface area contributed by atoms with Crippen molar-refractivity contribution in [3.63, 3.8) is 0 Å². The van der Waals surface area contributed by atoms with Crippen molar-refractivity contribution in [2.75, 3.05) is 24.5 Å². The van der Waals surface area contributed by atoms with Crippen molar-refractivity contribution >= 4 is 46.5 Å². The molecule has 6 rings (SSSR count). The summed E-state index contributed by atoms with van der Waals surface area (Å²) in [5.74, 6) is -0.0511. The third kappa shape index (κ3) is 6.59. The van der Waals surface area contributed by atoms with Gasteiger partial charge in [0, 0.05) is 46.1 Å². The van der Waals surface area contributed by atoms with Gasteiger partial charge < -0.3 is 19.5 Å². The maximum absolute atomic E-state index is 12.0. The minimum Gasteiger partial charge on any atom is -0.508 e. The minimum absolute atomic E-state index is 0. The topological polar surface area (TPSA) is 77.2 Å². The summed E-state index contributed by atoms with van der Waals surface area (Å²) in [7, 11) is 0. The number of fused-ring (bicyclic) bond motifs is 3. The third-order valence-corrected chi connectivity index (χ3v) is 8.40. The van der Waals surface area contributed by atoms with Crippen LogP contribution in [0.1, 0.15) is 20.8 Å². The summed E-state index contributed by atoms with van der Waals surface area (Å²) in [6, 6.07) is 30.9. The molecule has 6 nitrogen and oxygen atoms in total. The normalized spacial score (nSPS) is 12.5. The first-order valence-corrected chi connectivity index (χ1v) is 14.6. The smallest absolute Gasteiger partial charge is 0.197 e. The second kappa shape index (κ2) is 13.8. The van der Waals surface area contributed by atoms with Gasteiger partial charge in [-0.1, -0.05) is 80.2 Å². The zero-order chi connectivity index (χ0) is 28.9. The van der Waals surface area contributed by atoms with Gasteiger partial charge in [-0.05, 0) is 44.3 Å². The molecule has 0 radical (unpaired) electrons. The highest BCUT2D eigenvalue weighted by molar-refractivity contribution is 7.99. The second-order valence-electron chi connectivity index (χ2n) is 9.90. The van der Waals surface area contributed by atoms with Crippen LogP contribution in [0.2, 0.25) is 0 Å². The van der Waals surface area contributed by atoms with Gasteiger partial charge in [0.2, 0.25) is 0 Å². The Bertz CT molecular complexity index is 1660. The molecular formula is C34H35ClN2O4S. The van der Waals surface area contributed by atoms with Crippen molar-refractivity contribution in [1.82, 2.24) is 4.90 Å². The van der Waals surface area contributed by atoms with Gasteiger partial charge in [0.1, 0.15) is 28.2 Å². The number of hydrogen-bond donors (Lipinski definition) is 2. The van der Waals surface area contributed by atoms with E-state index in [1.807, 2.05) is 42.1 Å². The molecule has 0 bridgehead atoms. The molecule has 4 aromatic carbocycles. The van der Waals surface area contributed by atoms with Crippen LogP contribution in [0.15, 0.2) is 116 Å². The van der Waals surface area contributed by atoms with Crippen molar-refractivity contribution < 1.29 is 14.6 Å². The Labute approximate surface area is 256 Å². The molecule has 1 aliphatic rings. The van der Waals surface area contributed by atoms with Gasteiger partial charge >= 0.3 is 0 Å². The number of rotatable bonds is 6. The maximum atomic E-state index is 12.0. The number of aromatic hydroxyl groups is 2. The first-order chi connectivity index (χ1) is 19.9. The number of halogens is 1. The maximum Gasteiger partial charge on any atom is 0.197 e. The Morgan fingerprint density at radius 2 is 1.40 bits per heavy atom. The number of para-hydroxylation sites is 2. The lowest BCUT2D eigenvalue weighted by Gasteiger charge is -2.37. The highest BCUT2D eigenvalue weighted by Gasteiger charge is 2.25. The molecule has 1 atom stereocenters. The molecule has 218 valence electrons. The molecule has 1 aliphatic heterocycles. The summed E-state index contributed by atoms with van der Waals surface area (Å²) >= 11 is 1.88. The highest BCUT2D eigenvalue weighted by atomic mass is 35.5. The molecule has 0 aliphatic carbocycles. The number of anilines is 2. The third-order valence-electron chi connectivity index (χ3n) is 7.27. The molecule has 8 heteroatoms. The fourth-order valence-corrected chi connectivity index (χ4v) is 6.30. The fourth-order valence-electron chi connectivity index (χ4n) is 5.20. The Hall–Kier alpha value is -3.91. The first-order valence-electron chi connectivity index (χ1n) is 13.8. The van der Waals surface area contributed by atoms with Crippen LogP contribution in [0, 0.1) is 0 Å². The molecule has 1 aromatic heterocycles. The molecule has 1 unspecified atom stereocenters. The molecule has 2 heterocycles. The first kappa shape index (κ1) is 31.0. The van der Waals surface area contributed by atoms with Crippen molar-refractivity contribution in [3.05, 3.63) is 107 Å². The van der Waals surface area contributed by atoms with Crippen LogP contribution in [0.3, 0.4) is 0 Å². The van der Waals surface area contributed by atoms with Crippen molar-refractivity contribution in [2.24, 2.45) is 0 Å². The van der Waals surface area contributed by atoms with Crippen LogP contribution in [0.5, 0.6) is 11.5 Å². The van der Waals surface area contributed by atoms with Crippen LogP contribution < -0.4 is 10.3 Å². The largest absolute Gasteiger partial charge is 0.508 e. The Balaban J connectivity index is 0.000000190. The molecule has 42 heavy (non-hydrogen) atoms. The van der Waals surface area contributed by atoms with Crippen LogP contribution in [-0.2, 0) is 0 Å². The average Bonchev–Trinajstić information content (AvgIpc) is 2.98. The van der Waals surface area contributed by atoms with E-state index in [2.05, 4.69) is 79.1 Å². The zero-order valence-electron chi connectivity index (χ0n) is 23.9. The van der Waals surface area contributed by atoms with E-state index in [1.165, 1.54) is 33.3 Å². The van der Waals surface area contributed by atoms with Crippen LogP contribution in [0.25, 0.3) is 22.3 Å². The number of phenolic OH excluding ortho intramolecular Hbond substituents is 2. The van der Waals surface area contributed by atoms with Crippen LogP contribution in [0.4, 0.5) is 11.4 Å². The summed E-state index contributed by atoms with van der Waals surface area (Å²) in [6.07, 6.45) is 0. The average molecular weight is 603 g/mol. The fraction of sp³-hybridized carbons (Fsp3) is 0.206. The number of nitrogens with zero attached hydrogens (tertiary/aromatic N) is 2.